The summed E-state index contributed by atoms with van der Waals surface area (Å²) >= 11 is 0. The Morgan fingerprint density at radius 3 is 2.48 bits per heavy atom. The van der Waals surface area contributed by atoms with Crippen molar-refractivity contribution in [2.24, 2.45) is 0 Å². The number of hydrogen-bond donors (Lipinski definition) is 2. The molecule has 0 atom stereocenters. The molecule has 5 heteroatoms. The Hall–Kier alpha value is -2.82. The van der Waals surface area contributed by atoms with Crippen molar-refractivity contribution in [3.63, 3.8) is 0 Å². The molecular weight excluding hydrogens is 360 g/mol. The van der Waals surface area contributed by atoms with E-state index in [0.717, 1.165) is 42.5 Å². The number of rotatable bonds is 7. The number of nitrogens with zero attached hydrogens (tertiary/aromatic N) is 2. The zero-order chi connectivity index (χ0) is 19.9. The number of imidazole rings is 1. The Balaban J connectivity index is 1.40. The Kier molecular flexibility index (Phi) is 6.45. The second-order valence-corrected chi connectivity index (χ2v) is 7.96. The largest absolute Gasteiger partial charge is 0.342 e. The van der Waals surface area contributed by atoms with Crippen LogP contribution in [0.1, 0.15) is 43.5 Å². The minimum atomic E-state index is 0.0592. The number of hydrogen-bond acceptors (Lipinski definition) is 2. The van der Waals surface area contributed by atoms with Gasteiger partial charge in [-0.3, -0.25) is 0 Å². The lowest BCUT2D eigenvalue weighted by Crippen LogP contribution is -2.47. The second-order valence-electron chi connectivity index (χ2n) is 7.96. The van der Waals surface area contributed by atoms with E-state index in [1.807, 2.05) is 35.2 Å². The van der Waals surface area contributed by atoms with Crippen molar-refractivity contribution < 1.29 is 4.79 Å². The van der Waals surface area contributed by atoms with Gasteiger partial charge in [0.1, 0.15) is 5.82 Å². The summed E-state index contributed by atoms with van der Waals surface area (Å²) in [5.41, 5.74) is 3.28. The number of urea groups is 1. The molecule has 3 aromatic rings. The monoisotopic (exact) mass is 390 g/mol. The quantitative estimate of drug-likeness (QED) is 0.615. The zero-order valence-electron chi connectivity index (χ0n) is 16.9. The molecule has 0 unspecified atom stereocenters. The first kappa shape index (κ1) is 19.5. The lowest BCUT2D eigenvalue weighted by molar-refractivity contribution is 0.191. The molecular formula is C24H30N4O. The van der Waals surface area contributed by atoms with Gasteiger partial charge in [-0.2, -0.15) is 0 Å². The fourth-order valence-corrected chi connectivity index (χ4v) is 4.10. The van der Waals surface area contributed by atoms with Crippen LogP contribution in [0, 0.1) is 0 Å². The van der Waals surface area contributed by atoms with Gasteiger partial charge in [-0.05, 0) is 37.0 Å². The minimum absolute atomic E-state index is 0.0592. The Morgan fingerprint density at radius 1 is 0.966 bits per heavy atom. The van der Waals surface area contributed by atoms with Gasteiger partial charge in [0.05, 0.1) is 11.0 Å². The number of H-pyrrole nitrogens is 1. The van der Waals surface area contributed by atoms with Crippen LogP contribution in [0.25, 0.3) is 11.0 Å². The van der Waals surface area contributed by atoms with Crippen molar-refractivity contribution in [3.05, 3.63) is 66.0 Å². The third-order valence-electron chi connectivity index (χ3n) is 5.79. The van der Waals surface area contributed by atoms with Crippen LogP contribution in [0.4, 0.5) is 4.79 Å². The molecule has 4 rings (SSSR count). The molecule has 1 aliphatic carbocycles. The molecule has 0 bridgehead atoms. The Bertz CT molecular complexity index is 882. The Labute approximate surface area is 172 Å². The normalized spacial score (nSPS) is 14.8. The average Bonchev–Trinajstić information content (AvgIpc) is 3.18. The molecule has 5 nitrogen and oxygen atoms in total. The van der Waals surface area contributed by atoms with E-state index in [-0.39, 0.29) is 6.03 Å². The summed E-state index contributed by atoms with van der Waals surface area (Å²) in [6, 6.07) is 18.8. The fourth-order valence-electron chi connectivity index (χ4n) is 4.10. The van der Waals surface area contributed by atoms with Crippen LogP contribution in [-0.2, 0) is 12.8 Å². The predicted octanol–water partition coefficient (Wildman–Crippen LogP) is 4.69. The molecule has 1 fully saturated rings. The van der Waals surface area contributed by atoms with Crippen molar-refractivity contribution in [1.29, 1.82) is 0 Å². The van der Waals surface area contributed by atoms with E-state index in [1.165, 1.54) is 24.8 Å². The van der Waals surface area contributed by atoms with Gasteiger partial charge in [-0.1, -0.05) is 61.7 Å². The SMILES string of the molecule is O=C(NC1CCCCC1)N(CCc1ccccc1)CCc1nc2ccccc2[nH]1. The van der Waals surface area contributed by atoms with Crippen LogP contribution >= 0.6 is 0 Å². The van der Waals surface area contributed by atoms with Crippen LogP contribution in [-0.4, -0.2) is 40.0 Å². The summed E-state index contributed by atoms with van der Waals surface area (Å²) in [5.74, 6) is 0.932. The molecule has 0 aliphatic heterocycles. The highest BCUT2D eigenvalue weighted by Gasteiger charge is 2.20. The third-order valence-corrected chi connectivity index (χ3v) is 5.79. The summed E-state index contributed by atoms with van der Waals surface area (Å²) in [4.78, 5) is 23.0. The lowest BCUT2D eigenvalue weighted by atomic mass is 9.96. The van der Waals surface area contributed by atoms with Crippen molar-refractivity contribution in [2.75, 3.05) is 13.1 Å². The van der Waals surface area contributed by atoms with Gasteiger partial charge < -0.3 is 15.2 Å². The van der Waals surface area contributed by atoms with Crippen LogP contribution in [0.3, 0.4) is 0 Å². The molecule has 1 aliphatic rings. The first-order valence-electron chi connectivity index (χ1n) is 10.8. The van der Waals surface area contributed by atoms with Gasteiger partial charge in [-0.15, -0.1) is 0 Å². The molecule has 152 valence electrons. The van der Waals surface area contributed by atoms with Crippen molar-refractivity contribution >= 4 is 17.1 Å². The standard InChI is InChI=1S/C24H30N4O/c29-24(25-20-11-5-2-6-12-20)28(17-15-19-9-3-1-4-10-19)18-16-23-26-21-13-7-8-14-22(21)27-23/h1,3-4,7-10,13-14,20H,2,5-6,11-12,15-18H2,(H,25,29)(H,26,27). The van der Waals surface area contributed by atoms with E-state index in [4.69, 9.17) is 0 Å². The molecule has 1 heterocycles. The number of aromatic amines is 1. The lowest BCUT2D eigenvalue weighted by Gasteiger charge is -2.28. The highest BCUT2D eigenvalue weighted by atomic mass is 16.2. The maximum atomic E-state index is 13.0. The third kappa shape index (κ3) is 5.37. The van der Waals surface area contributed by atoms with E-state index in [1.54, 1.807) is 0 Å². The van der Waals surface area contributed by atoms with Gasteiger partial charge in [0, 0.05) is 25.6 Å². The predicted molar refractivity (Wildman–Crippen MR) is 117 cm³/mol. The number of para-hydroxylation sites is 2. The van der Waals surface area contributed by atoms with Crippen LogP contribution in [0.2, 0.25) is 0 Å². The van der Waals surface area contributed by atoms with Crippen LogP contribution < -0.4 is 5.32 Å². The number of nitrogens with one attached hydrogen (secondary N) is 2. The number of carbonyl (C=O) groups is 1. The summed E-state index contributed by atoms with van der Waals surface area (Å²) in [6.45, 7) is 1.37. The highest BCUT2D eigenvalue weighted by molar-refractivity contribution is 5.75. The van der Waals surface area contributed by atoms with Gasteiger partial charge in [-0.25, -0.2) is 9.78 Å². The smallest absolute Gasteiger partial charge is 0.317 e. The highest BCUT2D eigenvalue weighted by Crippen LogP contribution is 2.18. The topological polar surface area (TPSA) is 61.0 Å². The van der Waals surface area contributed by atoms with E-state index in [0.29, 0.717) is 19.1 Å². The van der Waals surface area contributed by atoms with E-state index in [2.05, 4.69) is 39.6 Å². The van der Waals surface area contributed by atoms with Gasteiger partial charge in [0.2, 0.25) is 0 Å². The first-order valence-corrected chi connectivity index (χ1v) is 10.8. The molecule has 29 heavy (non-hydrogen) atoms. The first-order chi connectivity index (χ1) is 14.3. The molecule has 1 aromatic heterocycles. The van der Waals surface area contributed by atoms with E-state index >= 15 is 0 Å². The molecule has 2 aromatic carbocycles. The molecule has 0 radical (unpaired) electrons. The maximum Gasteiger partial charge on any atom is 0.317 e. The average molecular weight is 391 g/mol. The van der Waals surface area contributed by atoms with E-state index < -0.39 is 0 Å². The maximum absolute atomic E-state index is 13.0. The number of amides is 2. The summed E-state index contributed by atoms with van der Waals surface area (Å²) in [5, 5.41) is 3.27. The number of carbonyl (C=O) groups excluding carboxylic acids is 1. The number of aromatic nitrogens is 2. The van der Waals surface area contributed by atoms with E-state index in [9.17, 15) is 4.79 Å². The molecule has 2 N–H and O–H groups in total. The summed E-state index contributed by atoms with van der Waals surface area (Å²) < 4.78 is 0. The minimum Gasteiger partial charge on any atom is -0.342 e. The zero-order valence-corrected chi connectivity index (χ0v) is 16.9. The molecule has 1 saturated carbocycles. The van der Waals surface area contributed by atoms with Crippen LogP contribution in [0.15, 0.2) is 54.6 Å². The fraction of sp³-hybridized carbons (Fsp3) is 0.417. The van der Waals surface area contributed by atoms with Crippen molar-refractivity contribution in [1.82, 2.24) is 20.2 Å². The number of fused-ring (bicyclic) bond motifs is 1. The van der Waals surface area contributed by atoms with Gasteiger partial charge >= 0.3 is 6.03 Å². The molecule has 2 amide bonds. The van der Waals surface area contributed by atoms with Crippen molar-refractivity contribution in [2.45, 2.75) is 51.0 Å². The second kappa shape index (κ2) is 9.59. The Morgan fingerprint density at radius 2 is 1.69 bits per heavy atom. The summed E-state index contributed by atoms with van der Waals surface area (Å²) in [7, 11) is 0. The van der Waals surface area contributed by atoms with Gasteiger partial charge in [0.25, 0.3) is 0 Å². The van der Waals surface area contributed by atoms with Crippen molar-refractivity contribution in [3.8, 4) is 0 Å². The number of benzene rings is 2. The summed E-state index contributed by atoms with van der Waals surface area (Å²) in [6.07, 6.45) is 7.50. The molecule has 0 spiro atoms. The van der Waals surface area contributed by atoms with Gasteiger partial charge in [0.15, 0.2) is 0 Å². The van der Waals surface area contributed by atoms with Crippen LogP contribution in [0.5, 0.6) is 0 Å². The molecule has 0 saturated heterocycles.